The van der Waals surface area contributed by atoms with E-state index in [0.29, 0.717) is 21.7 Å². The number of benzene rings is 2. The molecule has 0 aliphatic heterocycles. The third kappa shape index (κ3) is 3.92. The Labute approximate surface area is 142 Å². The maximum Gasteiger partial charge on any atom is 0.293 e. The van der Waals surface area contributed by atoms with Crippen LogP contribution in [0.4, 0.5) is 11.4 Å². The van der Waals surface area contributed by atoms with Crippen molar-refractivity contribution in [1.82, 2.24) is 0 Å². The van der Waals surface area contributed by atoms with Crippen LogP contribution in [-0.4, -0.2) is 19.1 Å². The number of halogens is 1. The van der Waals surface area contributed by atoms with E-state index in [-0.39, 0.29) is 11.7 Å². The first kappa shape index (κ1) is 17.1. The van der Waals surface area contributed by atoms with Gasteiger partial charge in [0.05, 0.1) is 25.2 Å². The summed E-state index contributed by atoms with van der Waals surface area (Å²) in [5.74, 6) is 1.38. The van der Waals surface area contributed by atoms with Crippen LogP contribution in [-0.2, 0) is 0 Å². The fraction of sp³-hybridized carbons (Fsp3) is 0.250. The molecule has 6 nitrogen and oxygen atoms in total. The minimum Gasteiger partial charge on any atom is -0.497 e. The lowest BCUT2D eigenvalue weighted by molar-refractivity contribution is -0.384. The molecule has 2 aromatic carbocycles. The molecule has 1 N–H and O–H groups in total. The van der Waals surface area contributed by atoms with Gasteiger partial charge < -0.3 is 14.8 Å². The molecule has 0 aliphatic carbocycles. The maximum atomic E-state index is 11.2. The highest BCUT2D eigenvalue weighted by molar-refractivity contribution is 9.10. The van der Waals surface area contributed by atoms with Gasteiger partial charge in [0.15, 0.2) is 0 Å². The van der Waals surface area contributed by atoms with Crippen molar-refractivity contribution in [3.63, 3.8) is 0 Å². The predicted molar refractivity (Wildman–Crippen MR) is 92.4 cm³/mol. The van der Waals surface area contributed by atoms with Gasteiger partial charge in [-0.3, -0.25) is 10.1 Å². The Hall–Kier alpha value is -2.28. The second-order valence-electron chi connectivity index (χ2n) is 4.89. The normalized spacial score (nSPS) is 11.7. The van der Waals surface area contributed by atoms with Crippen LogP contribution < -0.4 is 14.8 Å². The molecule has 0 aliphatic rings. The van der Waals surface area contributed by atoms with Gasteiger partial charge in [0.25, 0.3) is 5.69 Å². The smallest absolute Gasteiger partial charge is 0.293 e. The number of hydrogen-bond acceptors (Lipinski definition) is 5. The largest absolute Gasteiger partial charge is 0.497 e. The number of rotatable bonds is 6. The SMILES string of the molecule is COc1ccc(OC)c(C(C)Nc2ccc(Br)cc2[N+](=O)[O-])c1. The topological polar surface area (TPSA) is 73.6 Å². The van der Waals surface area contributed by atoms with Gasteiger partial charge in [0.1, 0.15) is 17.2 Å². The van der Waals surface area contributed by atoms with Crippen molar-refractivity contribution in [2.75, 3.05) is 19.5 Å². The monoisotopic (exact) mass is 380 g/mol. The second-order valence-corrected chi connectivity index (χ2v) is 5.81. The molecule has 0 aromatic heterocycles. The summed E-state index contributed by atoms with van der Waals surface area (Å²) in [5.41, 5.74) is 1.30. The molecule has 1 atom stereocenters. The van der Waals surface area contributed by atoms with Gasteiger partial charge in [-0.1, -0.05) is 15.9 Å². The zero-order chi connectivity index (χ0) is 17.0. The van der Waals surface area contributed by atoms with E-state index in [4.69, 9.17) is 9.47 Å². The average molecular weight is 381 g/mol. The first-order chi connectivity index (χ1) is 11.0. The number of anilines is 1. The first-order valence-corrected chi connectivity index (χ1v) is 7.68. The van der Waals surface area contributed by atoms with Gasteiger partial charge in [-0.05, 0) is 37.3 Å². The summed E-state index contributed by atoms with van der Waals surface area (Å²) < 4.78 is 11.3. The van der Waals surface area contributed by atoms with Gasteiger partial charge in [-0.15, -0.1) is 0 Å². The van der Waals surface area contributed by atoms with Crippen LogP contribution in [0.1, 0.15) is 18.5 Å². The molecule has 0 amide bonds. The number of hydrogen-bond donors (Lipinski definition) is 1. The summed E-state index contributed by atoms with van der Waals surface area (Å²) in [6.45, 7) is 1.91. The zero-order valence-electron chi connectivity index (χ0n) is 13.0. The van der Waals surface area contributed by atoms with Crippen LogP contribution in [0.3, 0.4) is 0 Å². The summed E-state index contributed by atoms with van der Waals surface area (Å²) in [5, 5.41) is 14.4. The fourth-order valence-electron chi connectivity index (χ4n) is 2.27. The molecule has 7 heteroatoms. The number of nitrogens with zero attached hydrogens (tertiary/aromatic N) is 1. The number of nitrogens with one attached hydrogen (secondary N) is 1. The van der Waals surface area contributed by atoms with Crippen LogP contribution in [0, 0.1) is 10.1 Å². The summed E-state index contributed by atoms with van der Waals surface area (Å²) in [6, 6.07) is 10.1. The molecule has 1 unspecified atom stereocenters. The van der Waals surface area contributed by atoms with Crippen molar-refractivity contribution in [3.05, 3.63) is 56.5 Å². The Balaban J connectivity index is 2.36. The summed E-state index contributed by atoms with van der Waals surface area (Å²) in [7, 11) is 3.17. The van der Waals surface area contributed by atoms with E-state index in [1.807, 2.05) is 19.1 Å². The van der Waals surface area contributed by atoms with Gasteiger partial charge in [-0.25, -0.2) is 0 Å². The van der Waals surface area contributed by atoms with E-state index < -0.39 is 4.92 Å². The van der Waals surface area contributed by atoms with Crippen molar-refractivity contribution in [2.24, 2.45) is 0 Å². The Bertz CT molecular complexity index is 721. The molecule has 2 aromatic rings. The standard InChI is InChI=1S/C16H17BrN2O4/c1-10(13-9-12(22-2)5-7-16(13)23-3)18-14-6-4-11(17)8-15(14)19(20)21/h4-10,18H,1-3H3. The van der Waals surface area contributed by atoms with E-state index in [0.717, 1.165) is 5.56 Å². The number of methoxy groups -OCH3 is 2. The van der Waals surface area contributed by atoms with Crippen LogP contribution >= 0.6 is 15.9 Å². The Kier molecular flexibility index (Phi) is 5.44. The highest BCUT2D eigenvalue weighted by Gasteiger charge is 2.19. The molecule has 23 heavy (non-hydrogen) atoms. The summed E-state index contributed by atoms with van der Waals surface area (Å²) >= 11 is 3.25. The lowest BCUT2D eigenvalue weighted by atomic mass is 10.1. The molecule has 0 saturated carbocycles. The molecule has 0 spiro atoms. The third-order valence-corrected chi connectivity index (χ3v) is 3.93. The minimum absolute atomic E-state index is 0.00749. The molecule has 0 heterocycles. The van der Waals surface area contributed by atoms with Crippen LogP contribution in [0.2, 0.25) is 0 Å². The van der Waals surface area contributed by atoms with Crippen LogP contribution in [0.15, 0.2) is 40.9 Å². The lowest BCUT2D eigenvalue weighted by Crippen LogP contribution is -2.10. The van der Waals surface area contributed by atoms with Gasteiger partial charge in [0.2, 0.25) is 0 Å². The number of nitro benzene ring substituents is 1. The third-order valence-electron chi connectivity index (χ3n) is 3.43. The molecular weight excluding hydrogens is 364 g/mol. The number of ether oxygens (including phenoxy) is 2. The van der Waals surface area contributed by atoms with E-state index in [9.17, 15) is 10.1 Å². The van der Waals surface area contributed by atoms with Crippen molar-refractivity contribution in [2.45, 2.75) is 13.0 Å². The van der Waals surface area contributed by atoms with E-state index in [1.165, 1.54) is 6.07 Å². The molecule has 0 bridgehead atoms. The summed E-state index contributed by atoms with van der Waals surface area (Å²) in [4.78, 5) is 10.8. The quantitative estimate of drug-likeness (QED) is 0.587. The molecule has 0 saturated heterocycles. The molecule has 0 radical (unpaired) electrons. The van der Waals surface area contributed by atoms with Gasteiger partial charge in [-0.2, -0.15) is 0 Å². The molecule has 0 fully saturated rings. The lowest BCUT2D eigenvalue weighted by Gasteiger charge is -2.19. The van der Waals surface area contributed by atoms with E-state index in [1.54, 1.807) is 32.4 Å². The zero-order valence-corrected chi connectivity index (χ0v) is 14.6. The average Bonchev–Trinajstić information content (AvgIpc) is 2.55. The molecular formula is C16H17BrN2O4. The maximum absolute atomic E-state index is 11.2. The van der Waals surface area contributed by atoms with Crippen LogP contribution in [0.25, 0.3) is 0 Å². The highest BCUT2D eigenvalue weighted by Crippen LogP contribution is 2.34. The van der Waals surface area contributed by atoms with E-state index >= 15 is 0 Å². The van der Waals surface area contributed by atoms with E-state index in [2.05, 4.69) is 21.2 Å². The summed E-state index contributed by atoms with van der Waals surface area (Å²) in [6.07, 6.45) is 0. The molecule has 122 valence electrons. The van der Waals surface area contributed by atoms with Gasteiger partial charge in [0, 0.05) is 16.1 Å². The Morgan fingerprint density at radius 1 is 1.17 bits per heavy atom. The van der Waals surface area contributed by atoms with Crippen molar-refractivity contribution < 1.29 is 14.4 Å². The molecule has 2 rings (SSSR count). The number of nitro groups is 1. The van der Waals surface area contributed by atoms with Crippen molar-refractivity contribution in [1.29, 1.82) is 0 Å². The predicted octanol–water partition coefficient (Wildman–Crippen LogP) is 4.55. The van der Waals surface area contributed by atoms with Crippen molar-refractivity contribution in [3.8, 4) is 11.5 Å². The Morgan fingerprint density at radius 2 is 1.91 bits per heavy atom. The van der Waals surface area contributed by atoms with Crippen LogP contribution in [0.5, 0.6) is 11.5 Å². The highest BCUT2D eigenvalue weighted by atomic mass is 79.9. The first-order valence-electron chi connectivity index (χ1n) is 6.88. The fourth-order valence-corrected chi connectivity index (χ4v) is 2.62. The second kappa shape index (κ2) is 7.32. The van der Waals surface area contributed by atoms with Gasteiger partial charge >= 0.3 is 0 Å². The minimum atomic E-state index is -0.414. The van der Waals surface area contributed by atoms with Crippen molar-refractivity contribution >= 4 is 27.3 Å². The Morgan fingerprint density at radius 3 is 2.52 bits per heavy atom.